The lowest BCUT2D eigenvalue weighted by Crippen LogP contribution is -2.38. The molecule has 6 heteroatoms. The Balaban J connectivity index is 1.81. The van der Waals surface area contributed by atoms with E-state index in [1.807, 2.05) is 31.7 Å². The molecule has 0 aliphatic carbocycles. The van der Waals surface area contributed by atoms with Gasteiger partial charge in [0.1, 0.15) is 0 Å². The predicted molar refractivity (Wildman–Crippen MR) is 102 cm³/mol. The number of hydrogen-bond donors (Lipinski definition) is 2. The van der Waals surface area contributed by atoms with E-state index in [1.54, 1.807) is 11.3 Å². The lowest BCUT2D eigenvalue weighted by atomic mass is 10.4. The zero-order chi connectivity index (χ0) is 16.5. The molecule has 124 valence electrons. The van der Waals surface area contributed by atoms with Crippen molar-refractivity contribution in [3.63, 3.8) is 0 Å². The van der Waals surface area contributed by atoms with Crippen LogP contribution in [-0.2, 0) is 6.54 Å². The van der Waals surface area contributed by atoms with Crippen molar-refractivity contribution in [2.24, 2.45) is 4.99 Å². The van der Waals surface area contributed by atoms with Gasteiger partial charge in [0.2, 0.25) is 0 Å². The highest BCUT2D eigenvalue weighted by Crippen LogP contribution is 2.18. The Morgan fingerprint density at radius 2 is 2.00 bits per heavy atom. The van der Waals surface area contributed by atoms with Crippen LogP contribution in [0.25, 0.3) is 0 Å². The molecule has 0 radical (unpaired) electrons. The van der Waals surface area contributed by atoms with Crippen molar-refractivity contribution >= 4 is 29.1 Å². The van der Waals surface area contributed by atoms with E-state index < -0.39 is 0 Å². The largest absolute Gasteiger partial charge is 0.357 e. The molecule has 2 rings (SSSR count). The van der Waals surface area contributed by atoms with E-state index in [9.17, 15) is 0 Å². The maximum atomic E-state index is 4.66. The highest BCUT2D eigenvalue weighted by molar-refractivity contribution is 7.99. The Morgan fingerprint density at radius 3 is 2.65 bits per heavy atom. The van der Waals surface area contributed by atoms with E-state index in [4.69, 9.17) is 0 Å². The number of benzene rings is 1. The number of nitrogens with zero attached hydrogens (tertiary/aromatic N) is 2. The van der Waals surface area contributed by atoms with Gasteiger partial charge in [-0.25, -0.2) is 9.98 Å². The summed E-state index contributed by atoms with van der Waals surface area (Å²) in [7, 11) is 0. The quantitative estimate of drug-likeness (QED) is 0.347. The van der Waals surface area contributed by atoms with Gasteiger partial charge in [0.15, 0.2) is 5.96 Å². The Hall–Kier alpha value is -1.53. The van der Waals surface area contributed by atoms with E-state index in [0.29, 0.717) is 6.54 Å². The zero-order valence-corrected chi connectivity index (χ0v) is 15.6. The van der Waals surface area contributed by atoms with Gasteiger partial charge in [0.05, 0.1) is 17.2 Å². The van der Waals surface area contributed by atoms with Crippen LogP contribution in [0, 0.1) is 13.8 Å². The van der Waals surface area contributed by atoms with Crippen LogP contribution in [0.3, 0.4) is 0 Å². The van der Waals surface area contributed by atoms with Gasteiger partial charge < -0.3 is 10.6 Å². The summed E-state index contributed by atoms with van der Waals surface area (Å²) in [5.41, 5.74) is 1.09. The van der Waals surface area contributed by atoms with Crippen molar-refractivity contribution in [1.29, 1.82) is 0 Å². The van der Waals surface area contributed by atoms with Crippen LogP contribution in [0.2, 0.25) is 0 Å². The summed E-state index contributed by atoms with van der Waals surface area (Å²) >= 11 is 3.57. The number of nitrogens with one attached hydrogen (secondary N) is 2. The summed E-state index contributed by atoms with van der Waals surface area (Å²) in [5.74, 6) is 1.87. The summed E-state index contributed by atoms with van der Waals surface area (Å²) in [5, 5.41) is 7.78. The summed E-state index contributed by atoms with van der Waals surface area (Å²) in [6, 6.07) is 10.5. The molecule has 2 aromatic rings. The second-order valence-corrected chi connectivity index (χ2v) is 7.48. The van der Waals surface area contributed by atoms with Gasteiger partial charge in [-0.2, -0.15) is 0 Å². The highest BCUT2D eigenvalue weighted by atomic mass is 32.2. The van der Waals surface area contributed by atoms with E-state index in [0.717, 1.165) is 35.5 Å². The fraction of sp³-hybridized carbons (Fsp3) is 0.412. The minimum Gasteiger partial charge on any atom is -0.357 e. The van der Waals surface area contributed by atoms with Crippen LogP contribution in [0.5, 0.6) is 0 Å². The van der Waals surface area contributed by atoms with Crippen molar-refractivity contribution in [3.05, 3.63) is 45.9 Å². The molecule has 0 fully saturated rings. The SMILES string of the molecule is CCNC(=NCc1sc(C)nc1C)NCCSc1ccccc1. The monoisotopic (exact) mass is 348 g/mol. The van der Waals surface area contributed by atoms with E-state index in [1.165, 1.54) is 9.77 Å². The Morgan fingerprint density at radius 1 is 1.22 bits per heavy atom. The predicted octanol–water partition coefficient (Wildman–Crippen LogP) is 3.61. The zero-order valence-electron chi connectivity index (χ0n) is 13.9. The molecule has 0 amide bonds. The van der Waals surface area contributed by atoms with Gasteiger partial charge in [-0.15, -0.1) is 23.1 Å². The smallest absolute Gasteiger partial charge is 0.191 e. The Labute approximate surface area is 146 Å². The molecule has 0 atom stereocenters. The molecule has 1 heterocycles. The van der Waals surface area contributed by atoms with Crippen LogP contribution in [-0.4, -0.2) is 29.8 Å². The molecule has 0 bridgehead atoms. The normalized spacial score (nSPS) is 11.5. The third-order valence-corrected chi connectivity index (χ3v) is 5.20. The first-order valence-corrected chi connectivity index (χ1v) is 9.62. The van der Waals surface area contributed by atoms with E-state index >= 15 is 0 Å². The van der Waals surface area contributed by atoms with Crippen LogP contribution in [0.15, 0.2) is 40.2 Å². The second kappa shape index (κ2) is 9.57. The molecular formula is C17H24N4S2. The van der Waals surface area contributed by atoms with Crippen molar-refractivity contribution < 1.29 is 0 Å². The van der Waals surface area contributed by atoms with Gasteiger partial charge in [0.25, 0.3) is 0 Å². The average molecular weight is 349 g/mol. The van der Waals surface area contributed by atoms with Gasteiger partial charge in [-0.05, 0) is 32.9 Å². The maximum Gasteiger partial charge on any atom is 0.191 e. The van der Waals surface area contributed by atoms with Gasteiger partial charge >= 0.3 is 0 Å². The third kappa shape index (κ3) is 6.23. The number of hydrogen-bond acceptors (Lipinski definition) is 4. The molecule has 0 aliphatic rings. The van der Waals surface area contributed by atoms with Crippen molar-refractivity contribution in [2.75, 3.05) is 18.8 Å². The molecule has 1 aromatic carbocycles. The molecule has 23 heavy (non-hydrogen) atoms. The minimum atomic E-state index is 0.679. The first-order valence-electron chi connectivity index (χ1n) is 7.82. The van der Waals surface area contributed by atoms with E-state index in [2.05, 4.69) is 51.8 Å². The van der Waals surface area contributed by atoms with Gasteiger partial charge in [0, 0.05) is 28.6 Å². The first kappa shape index (κ1) is 17.8. The fourth-order valence-electron chi connectivity index (χ4n) is 2.07. The van der Waals surface area contributed by atoms with Crippen LogP contribution in [0.4, 0.5) is 0 Å². The maximum absolute atomic E-state index is 4.66. The average Bonchev–Trinajstić information content (AvgIpc) is 2.87. The van der Waals surface area contributed by atoms with Crippen LogP contribution >= 0.6 is 23.1 Å². The van der Waals surface area contributed by atoms with Crippen LogP contribution < -0.4 is 10.6 Å². The second-order valence-electron chi connectivity index (χ2n) is 5.02. The summed E-state index contributed by atoms with van der Waals surface area (Å²) < 4.78 is 0. The lowest BCUT2D eigenvalue weighted by Gasteiger charge is -2.11. The lowest BCUT2D eigenvalue weighted by molar-refractivity contribution is 0.843. The number of aryl methyl sites for hydroxylation is 2. The minimum absolute atomic E-state index is 0.679. The summed E-state index contributed by atoms with van der Waals surface area (Å²) in [4.78, 5) is 11.6. The molecule has 0 saturated carbocycles. The molecular weight excluding hydrogens is 324 g/mol. The van der Waals surface area contributed by atoms with Crippen molar-refractivity contribution in [1.82, 2.24) is 15.6 Å². The molecule has 1 aromatic heterocycles. The molecule has 0 aliphatic heterocycles. The number of aromatic nitrogens is 1. The number of thiazole rings is 1. The molecule has 0 unspecified atom stereocenters. The number of aliphatic imine (C=N–C) groups is 1. The standard InChI is InChI=1S/C17H24N4S2/c1-4-18-17(20-12-16-13(2)21-14(3)23-16)19-10-11-22-15-8-6-5-7-9-15/h5-9H,4,10-12H2,1-3H3,(H2,18,19,20). The fourth-order valence-corrected chi connectivity index (χ4v) is 3.72. The van der Waals surface area contributed by atoms with Gasteiger partial charge in [-0.1, -0.05) is 18.2 Å². The van der Waals surface area contributed by atoms with Gasteiger partial charge in [-0.3, -0.25) is 0 Å². The number of thioether (sulfide) groups is 1. The first-order chi connectivity index (χ1) is 11.2. The summed E-state index contributed by atoms with van der Waals surface area (Å²) in [6.45, 7) is 8.58. The third-order valence-electron chi connectivity index (χ3n) is 3.13. The number of guanidine groups is 1. The van der Waals surface area contributed by atoms with Crippen molar-refractivity contribution in [3.8, 4) is 0 Å². The molecule has 2 N–H and O–H groups in total. The molecule has 4 nitrogen and oxygen atoms in total. The Kier molecular flexibility index (Phi) is 7.42. The van der Waals surface area contributed by atoms with E-state index in [-0.39, 0.29) is 0 Å². The summed E-state index contributed by atoms with van der Waals surface area (Å²) in [6.07, 6.45) is 0. The van der Waals surface area contributed by atoms with Crippen molar-refractivity contribution in [2.45, 2.75) is 32.2 Å². The Bertz CT molecular complexity index is 623. The highest BCUT2D eigenvalue weighted by Gasteiger charge is 2.04. The molecule has 0 spiro atoms. The topological polar surface area (TPSA) is 49.3 Å². The van der Waals surface area contributed by atoms with Crippen LogP contribution in [0.1, 0.15) is 22.5 Å². The molecule has 0 saturated heterocycles. The number of rotatable bonds is 7.